The van der Waals surface area contributed by atoms with E-state index in [1.165, 1.54) is 29.5 Å². The van der Waals surface area contributed by atoms with Crippen LogP contribution in [-0.4, -0.2) is 44.4 Å². The molecule has 3 aromatic carbocycles. The van der Waals surface area contributed by atoms with Crippen LogP contribution in [0.3, 0.4) is 0 Å². The van der Waals surface area contributed by atoms with Crippen LogP contribution in [0.1, 0.15) is 28.8 Å². The second kappa shape index (κ2) is 8.79. The summed E-state index contributed by atoms with van der Waals surface area (Å²) in [5.41, 5.74) is 3.49. The molecule has 4 rings (SSSR count). The predicted octanol–water partition coefficient (Wildman–Crippen LogP) is 5.04. The Labute approximate surface area is 173 Å². The van der Waals surface area contributed by atoms with Gasteiger partial charge in [0.2, 0.25) is 0 Å². The molecule has 0 spiro atoms. The zero-order valence-electron chi connectivity index (χ0n) is 17.5. The van der Waals surface area contributed by atoms with Gasteiger partial charge in [0.25, 0.3) is 0 Å². The Morgan fingerprint density at radius 1 is 0.931 bits per heavy atom. The second-order valence-corrected chi connectivity index (χ2v) is 8.47. The lowest BCUT2D eigenvalue weighted by molar-refractivity contribution is 0.0895. The summed E-state index contributed by atoms with van der Waals surface area (Å²) in [6.07, 6.45) is 3.47. The zero-order chi connectivity index (χ0) is 20.2. The highest BCUT2D eigenvalue weighted by atomic mass is 16.1. The molecule has 0 atom stereocenters. The third-order valence-electron chi connectivity index (χ3n) is 6.12. The van der Waals surface area contributed by atoms with Gasteiger partial charge in [-0.1, -0.05) is 48.5 Å². The molecule has 3 nitrogen and oxygen atoms in total. The van der Waals surface area contributed by atoms with E-state index < -0.39 is 0 Å². The average Bonchev–Trinajstić information content (AvgIpc) is 2.75. The van der Waals surface area contributed by atoms with Crippen molar-refractivity contribution in [1.29, 1.82) is 0 Å². The van der Waals surface area contributed by atoms with Crippen molar-refractivity contribution < 1.29 is 4.79 Å². The molecule has 0 radical (unpaired) electrons. The van der Waals surface area contributed by atoms with E-state index in [9.17, 15) is 4.79 Å². The number of carbonyl (C=O) groups is 1. The molecular weight excluding hydrogens is 356 g/mol. The molecule has 1 saturated heterocycles. The van der Waals surface area contributed by atoms with E-state index in [1.54, 1.807) is 0 Å². The van der Waals surface area contributed by atoms with Gasteiger partial charge in [-0.3, -0.25) is 9.69 Å². The lowest BCUT2D eigenvalue weighted by atomic mass is 9.90. The maximum absolute atomic E-state index is 12.8. The van der Waals surface area contributed by atoms with Crippen molar-refractivity contribution in [2.75, 3.05) is 38.6 Å². The van der Waals surface area contributed by atoms with E-state index in [4.69, 9.17) is 0 Å². The number of nitrogens with zero attached hydrogens (tertiary/aromatic N) is 2. The fraction of sp³-hybridized carbons (Fsp3) is 0.346. The summed E-state index contributed by atoms with van der Waals surface area (Å²) in [5, 5.41) is 2.32. The molecule has 1 heterocycles. The zero-order valence-corrected chi connectivity index (χ0v) is 17.5. The Morgan fingerprint density at radius 2 is 1.62 bits per heavy atom. The Kier molecular flexibility index (Phi) is 5.96. The van der Waals surface area contributed by atoms with Gasteiger partial charge in [0.1, 0.15) is 0 Å². The number of carbonyl (C=O) groups excluding carboxylic acids is 1. The normalized spacial score (nSPS) is 15.5. The third kappa shape index (κ3) is 4.86. The van der Waals surface area contributed by atoms with E-state index in [0.717, 1.165) is 30.5 Å². The Morgan fingerprint density at radius 3 is 2.31 bits per heavy atom. The van der Waals surface area contributed by atoms with Crippen LogP contribution < -0.4 is 4.90 Å². The molecule has 3 aromatic rings. The minimum absolute atomic E-state index is 0.230. The number of hydrogen-bond acceptors (Lipinski definition) is 3. The summed E-state index contributed by atoms with van der Waals surface area (Å²) < 4.78 is 0. The minimum Gasteiger partial charge on any atom is -0.378 e. The van der Waals surface area contributed by atoms with E-state index >= 15 is 0 Å². The molecule has 1 aliphatic rings. The maximum atomic E-state index is 12.8. The van der Waals surface area contributed by atoms with E-state index in [-0.39, 0.29) is 5.78 Å². The molecule has 0 unspecified atom stereocenters. The first-order valence-electron chi connectivity index (χ1n) is 10.6. The van der Waals surface area contributed by atoms with Crippen molar-refractivity contribution in [3.8, 4) is 0 Å². The summed E-state index contributed by atoms with van der Waals surface area (Å²) in [6.45, 7) is 2.56. The Hall–Kier alpha value is -2.65. The molecule has 0 amide bonds. The van der Waals surface area contributed by atoms with Gasteiger partial charge in [-0.05, 0) is 72.8 Å². The van der Waals surface area contributed by atoms with Crippen LogP contribution in [0, 0.1) is 5.92 Å². The number of piperidine rings is 1. The molecule has 1 fully saturated rings. The summed E-state index contributed by atoms with van der Waals surface area (Å²) >= 11 is 0. The summed E-state index contributed by atoms with van der Waals surface area (Å²) in [4.78, 5) is 17.2. The van der Waals surface area contributed by atoms with Crippen LogP contribution in [0.15, 0.2) is 66.7 Å². The first kappa shape index (κ1) is 19.7. The lowest BCUT2D eigenvalue weighted by Crippen LogP contribution is -2.37. The van der Waals surface area contributed by atoms with Crippen molar-refractivity contribution in [2.24, 2.45) is 5.92 Å². The van der Waals surface area contributed by atoms with Crippen molar-refractivity contribution in [3.05, 3.63) is 77.9 Å². The molecule has 29 heavy (non-hydrogen) atoms. The highest BCUT2D eigenvalue weighted by Crippen LogP contribution is 2.23. The lowest BCUT2D eigenvalue weighted by Gasteiger charge is -2.31. The van der Waals surface area contributed by atoms with Gasteiger partial charge >= 0.3 is 0 Å². The molecule has 3 heteroatoms. The SMILES string of the molecule is CN(C)c1ccc(CC2CCN(CC(=O)c3ccc4ccccc4c3)CC2)cc1. The predicted molar refractivity (Wildman–Crippen MR) is 122 cm³/mol. The standard InChI is InChI=1S/C26H30N2O/c1-27(2)25-11-7-20(8-12-25)17-21-13-15-28(16-14-21)19-26(29)24-10-9-22-5-3-4-6-23(22)18-24/h3-12,18,21H,13-17,19H2,1-2H3. The average molecular weight is 387 g/mol. The molecule has 0 aromatic heterocycles. The van der Waals surface area contributed by atoms with Crippen molar-refractivity contribution >= 4 is 22.2 Å². The van der Waals surface area contributed by atoms with E-state index in [2.05, 4.69) is 66.4 Å². The fourth-order valence-corrected chi connectivity index (χ4v) is 4.27. The molecule has 0 N–H and O–H groups in total. The number of hydrogen-bond donors (Lipinski definition) is 0. The fourth-order valence-electron chi connectivity index (χ4n) is 4.27. The largest absolute Gasteiger partial charge is 0.378 e. The van der Waals surface area contributed by atoms with Gasteiger partial charge in [0, 0.05) is 25.3 Å². The van der Waals surface area contributed by atoms with Crippen molar-refractivity contribution in [1.82, 2.24) is 4.90 Å². The van der Waals surface area contributed by atoms with Gasteiger partial charge in [-0.2, -0.15) is 0 Å². The van der Waals surface area contributed by atoms with E-state index in [0.29, 0.717) is 12.5 Å². The van der Waals surface area contributed by atoms with Crippen LogP contribution in [-0.2, 0) is 6.42 Å². The molecule has 1 aliphatic heterocycles. The Balaban J connectivity index is 1.29. The van der Waals surface area contributed by atoms with Gasteiger partial charge in [-0.15, -0.1) is 0 Å². The quantitative estimate of drug-likeness (QED) is 0.554. The van der Waals surface area contributed by atoms with Crippen molar-refractivity contribution in [2.45, 2.75) is 19.3 Å². The first-order valence-corrected chi connectivity index (χ1v) is 10.6. The molecule has 0 bridgehead atoms. The number of ketones is 1. The van der Waals surface area contributed by atoms with Crippen molar-refractivity contribution in [3.63, 3.8) is 0 Å². The topological polar surface area (TPSA) is 23.6 Å². The number of rotatable bonds is 6. The number of Topliss-reactive ketones (excluding diaryl/α,β-unsaturated/α-hetero) is 1. The molecular formula is C26H30N2O. The highest BCUT2D eigenvalue weighted by Gasteiger charge is 2.21. The first-order chi connectivity index (χ1) is 14.1. The molecule has 0 aliphatic carbocycles. The van der Waals surface area contributed by atoms with Crippen LogP contribution in [0.2, 0.25) is 0 Å². The highest BCUT2D eigenvalue weighted by molar-refractivity contribution is 6.01. The molecule has 150 valence electrons. The second-order valence-electron chi connectivity index (χ2n) is 8.47. The number of fused-ring (bicyclic) bond motifs is 1. The third-order valence-corrected chi connectivity index (χ3v) is 6.12. The summed E-state index contributed by atoms with van der Waals surface area (Å²) in [6, 6.07) is 23.2. The number of benzene rings is 3. The number of likely N-dealkylation sites (tertiary alicyclic amines) is 1. The van der Waals surface area contributed by atoms with Gasteiger partial charge in [0.15, 0.2) is 5.78 Å². The summed E-state index contributed by atoms with van der Waals surface area (Å²) in [5.74, 6) is 0.945. The summed E-state index contributed by atoms with van der Waals surface area (Å²) in [7, 11) is 4.15. The smallest absolute Gasteiger partial charge is 0.176 e. The maximum Gasteiger partial charge on any atom is 0.176 e. The van der Waals surface area contributed by atoms with Crippen LogP contribution in [0.5, 0.6) is 0 Å². The number of anilines is 1. The van der Waals surface area contributed by atoms with E-state index in [1.807, 2.05) is 24.3 Å². The monoisotopic (exact) mass is 386 g/mol. The van der Waals surface area contributed by atoms with Crippen LogP contribution in [0.25, 0.3) is 10.8 Å². The molecule has 0 saturated carbocycles. The van der Waals surface area contributed by atoms with Gasteiger partial charge < -0.3 is 4.90 Å². The Bertz CT molecular complexity index is 969. The van der Waals surface area contributed by atoms with Gasteiger partial charge in [-0.25, -0.2) is 0 Å². The van der Waals surface area contributed by atoms with Crippen LogP contribution in [0.4, 0.5) is 5.69 Å². The van der Waals surface area contributed by atoms with Gasteiger partial charge in [0.05, 0.1) is 6.54 Å². The van der Waals surface area contributed by atoms with Crippen LogP contribution >= 0.6 is 0 Å². The minimum atomic E-state index is 0.230.